The van der Waals surface area contributed by atoms with Crippen molar-refractivity contribution in [1.82, 2.24) is 5.06 Å². The first-order chi connectivity index (χ1) is 8.52. The van der Waals surface area contributed by atoms with E-state index in [1.807, 2.05) is 43.3 Å². The monoisotopic (exact) mass is 243 g/mol. The molecule has 94 valence electrons. The van der Waals surface area contributed by atoms with Crippen LogP contribution in [0.4, 0.5) is 0 Å². The van der Waals surface area contributed by atoms with Gasteiger partial charge in [-0.3, -0.25) is 5.21 Å². The molecule has 1 aliphatic rings. The van der Waals surface area contributed by atoms with Crippen LogP contribution in [0, 0.1) is 0 Å². The fraction of sp³-hybridized carbons (Fsp3) is 0.200. The second-order valence-electron chi connectivity index (χ2n) is 4.43. The summed E-state index contributed by atoms with van der Waals surface area (Å²) in [5, 5.41) is 20.9. The Bertz CT molecular complexity index is 527. The number of benzene rings is 1. The summed E-state index contributed by atoms with van der Waals surface area (Å²) in [7, 11) is 0. The maximum atomic E-state index is 10.2. The van der Waals surface area contributed by atoms with Crippen molar-refractivity contribution in [2.75, 3.05) is 0 Å². The van der Waals surface area contributed by atoms with E-state index >= 15 is 0 Å². The SMILES string of the molecule is C=C1C(C(C)O)=CC(C)=C(c2ccccc2)N1O. The highest BCUT2D eigenvalue weighted by atomic mass is 16.5. The number of allylic oxidation sites excluding steroid dienone is 2. The Morgan fingerprint density at radius 2 is 1.83 bits per heavy atom. The second kappa shape index (κ2) is 4.80. The molecule has 0 fully saturated rings. The third-order valence-corrected chi connectivity index (χ3v) is 3.04. The van der Waals surface area contributed by atoms with E-state index in [1.165, 1.54) is 0 Å². The average Bonchev–Trinajstić information content (AvgIpc) is 2.35. The molecule has 3 nitrogen and oxygen atoms in total. The van der Waals surface area contributed by atoms with Gasteiger partial charge in [0.2, 0.25) is 0 Å². The Kier molecular flexibility index (Phi) is 3.36. The molecule has 0 saturated heterocycles. The van der Waals surface area contributed by atoms with E-state index in [4.69, 9.17) is 0 Å². The molecule has 18 heavy (non-hydrogen) atoms. The average molecular weight is 243 g/mol. The van der Waals surface area contributed by atoms with Crippen LogP contribution in [0.2, 0.25) is 0 Å². The molecule has 2 N–H and O–H groups in total. The lowest BCUT2D eigenvalue weighted by Gasteiger charge is -2.30. The Labute approximate surface area is 107 Å². The summed E-state index contributed by atoms with van der Waals surface area (Å²) in [6, 6.07) is 9.61. The Balaban J connectivity index is 2.54. The molecule has 0 aromatic heterocycles. The molecule has 1 atom stereocenters. The molecule has 0 radical (unpaired) electrons. The van der Waals surface area contributed by atoms with Gasteiger partial charge in [0.15, 0.2) is 0 Å². The van der Waals surface area contributed by atoms with Crippen molar-refractivity contribution in [2.24, 2.45) is 0 Å². The molecular weight excluding hydrogens is 226 g/mol. The number of hydrogen-bond acceptors (Lipinski definition) is 3. The van der Waals surface area contributed by atoms with Gasteiger partial charge in [-0.25, -0.2) is 5.06 Å². The smallest absolute Gasteiger partial charge is 0.0794 e. The predicted molar refractivity (Wildman–Crippen MR) is 71.6 cm³/mol. The maximum Gasteiger partial charge on any atom is 0.0794 e. The fourth-order valence-corrected chi connectivity index (χ4v) is 2.12. The van der Waals surface area contributed by atoms with Crippen molar-refractivity contribution in [3.63, 3.8) is 0 Å². The highest BCUT2D eigenvalue weighted by Crippen LogP contribution is 2.34. The Hall–Kier alpha value is -1.84. The third-order valence-electron chi connectivity index (χ3n) is 3.04. The molecule has 3 heteroatoms. The minimum absolute atomic E-state index is 0.412. The van der Waals surface area contributed by atoms with Gasteiger partial charge < -0.3 is 5.11 Å². The first-order valence-corrected chi connectivity index (χ1v) is 5.86. The highest BCUT2D eigenvalue weighted by Gasteiger charge is 2.24. The summed E-state index contributed by atoms with van der Waals surface area (Å²) in [5.74, 6) is 0. The van der Waals surface area contributed by atoms with Gasteiger partial charge in [-0.15, -0.1) is 0 Å². The fourth-order valence-electron chi connectivity index (χ4n) is 2.12. The molecule has 0 saturated carbocycles. The lowest BCUT2D eigenvalue weighted by Crippen LogP contribution is -2.25. The Morgan fingerprint density at radius 1 is 1.22 bits per heavy atom. The van der Waals surface area contributed by atoms with Crippen LogP contribution in [0.1, 0.15) is 19.4 Å². The van der Waals surface area contributed by atoms with Crippen LogP contribution in [0.15, 0.2) is 59.8 Å². The zero-order chi connectivity index (χ0) is 13.3. The summed E-state index contributed by atoms with van der Waals surface area (Å²) in [4.78, 5) is 0. The molecule has 0 spiro atoms. The van der Waals surface area contributed by atoms with Gasteiger partial charge in [0, 0.05) is 11.1 Å². The van der Waals surface area contributed by atoms with E-state index in [2.05, 4.69) is 6.58 Å². The van der Waals surface area contributed by atoms with E-state index in [9.17, 15) is 10.3 Å². The first-order valence-electron chi connectivity index (χ1n) is 5.86. The minimum Gasteiger partial charge on any atom is -0.389 e. The normalized spacial score (nSPS) is 17.9. The van der Waals surface area contributed by atoms with E-state index in [1.54, 1.807) is 6.92 Å². The van der Waals surface area contributed by atoms with Gasteiger partial charge in [-0.05, 0) is 25.5 Å². The first kappa shape index (κ1) is 12.6. The van der Waals surface area contributed by atoms with Gasteiger partial charge in [0.05, 0.1) is 17.5 Å². The quantitative estimate of drug-likeness (QED) is 0.839. The molecule has 0 bridgehead atoms. The van der Waals surface area contributed by atoms with Crippen LogP contribution in [0.5, 0.6) is 0 Å². The van der Waals surface area contributed by atoms with Gasteiger partial charge in [0.1, 0.15) is 0 Å². The largest absolute Gasteiger partial charge is 0.389 e. The van der Waals surface area contributed by atoms with Crippen LogP contribution in [-0.4, -0.2) is 21.5 Å². The van der Waals surface area contributed by atoms with Gasteiger partial charge in [-0.2, -0.15) is 0 Å². The highest BCUT2D eigenvalue weighted by molar-refractivity contribution is 5.73. The van der Waals surface area contributed by atoms with Crippen molar-refractivity contribution < 1.29 is 10.3 Å². The lowest BCUT2D eigenvalue weighted by molar-refractivity contribution is 0.00820. The second-order valence-corrected chi connectivity index (χ2v) is 4.43. The van der Waals surface area contributed by atoms with Gasteiger partial charge in [0.25, 0.3) is 0 Å². The minimum atomic E-state index is -0.653. The van der Waals surface area contributed by atoms with E-state index in [0.717, 1.165) is 16.2 Å². The summed E-state index contributed by atoms with van der Waals surface area (Å²) in [6.45, 7) is 7.38. The molecule has 1 aromatic rings. The molecular formula is C15H17NO2. The predicted octanol–water partition coefficient (Wildman–Crippen LogP) is 2.94. The number of nitrogens with zero attached hydrogens (tertiary/aromatic N) is 1. The summed E-state index contributed by atoms with van der Waals surface area (Å²) in [6.07, 6.45) is 1.21. The van der Waals surface area contributed by atoms with Crippen LogP contribution < -0.4 is 0 Å². The number of aliphatic hydroxyl groups is 1. The number of hydroxylamine groups is 2. The zero-order valence-electron chi connectivity index (χ0n) is 10.6. The van der Waals surface area contributed by atoms with Crippen LogP contribution in [0.25, 0.3) is 5.70 Å². The molecule has 2 rings (SSSR count). The summed E-state index contributed by atoms with van der Waals surface area (Å²) >= 11 is 0. The third kappa shape index (κ3) is 2.10. The molecule has 1 heterocycles. The van der Waals surface area contributed by atoms with E-state index in [-0.39, 0.29) is 0 Å². The van der Waals surface area contributed by atoms with Crippen LogP contribution in [0.3, 0.4) is 0 Å². The zero-order valence-corrected chi connectivity index (χ0v) is 10.6. The number of rotatable bonds is 2. The topological polar surface area (TPSA) is 43.7 Å². The van der Waals surface area contributed by atoms with Crippen molar-refractivity contribution in [3.8, 4) is 0 Å². The van der Waals surface area contributed by atoms with Crippen molar-refractivity contribution >= 4 is 5.70 Å². The van der Waals surface area contributed by atoms with E-state index < -0.39 is 6.10 Å². The van der Waals surface area contributed by atoms with Gasteiger partial charge in [-0.1, -0.05) is 36.9 Å². The van der Waals surface area contributed by atoms with Crippen molar-refractivity contribution in [3.05, 3.63) is 65.4 Å². The summed E-state index contributed by atoms with van der Waals surface area (Å²) < 4.78 is 0. The van der Waals surface area contributed by atoms with Crippen molar-refractivity contribution in [1.29, 1.82) is 0 Å². The molecule has 1 aromatic carbocycles. The standard InChI is InChI=1S/C15H17NO2/c1-10-9-14(12(3)17)11(2)16(18)15(10)13-7-5-4-6-8-13/h4-9,12,17-18H,2H2,1,3H3. The number of hydrogen-bond donors (Lipinski definition) is 2. The molecule has 0 aliphatic carbocycles. The summed E-state index contributed by atoms with van der Waals surface area (Å²) in [5.41, 5.74) is 3.56. The van der Waals surface area contributed by atoms with Crippen LogP contribution in [-0.2, 0) is 0 Å². The Morgan fingerprint density at radius 3 is 2.39 bits per heavy atom. The number of aliphatic hydroxyl groups excluding tert-OH is 1. The maximum absolute atomic E-state index is 10.2. The lowest BCUT2D eigenvalue weighted by atomic mass is 9.96. The molecule has 1 unspecified atom stereocenters. The molecule has 0 amide bonds. The van der Waals surface area contributed by atoms with Gasteiger partial charge >= 0.3 is 0 Å². The van der Waals surface area contributed by atoms with E-state index in [0.29, 0.717) is 17.0 Å². The van der Waals surface area contributed by atoms with Crippen LogP contribution >= 0.6 is 0 Å². The molecule has 1 aliphatic heterocycles. The van der Waals surface area contributed by atoms with Crippen molar-refractivity contribution in [2.45, 2.75) is 20.0 Å².